The van der Waals surface area contributed by atoms with Crippen molar-refractivity contribution in [2.45, 2.75) is 19.8 Å². The van der Waals surface area contributed by atoms with Gasteiger partial charge in [0.05, 0.1) is 6.61 Å². The average molecular weight is 285 g/mol. The van der Waals surface area contributed by atoms with Gasteiger partial charge >= 0.3 is 0 Å². The summed E-state index contributed by atoms with van der Waals surface area (Å²) in [4.78, 5) is 0. The number of nitrogens with zero attached hydrogens (tertiary/aromatic N) is 1. The highest BCUT2D eigenvalue weighted by molar-refractivity contribution is 6.14. The molecule has 2 aromatic carbocycles. The number of rotatable bonds is 6. The zero-order valence-electron chi connectivity index (χ0n) is 12.0. The van der Waals surface area contributed by atoms with E-state index in [4.69, 9.17) is 4.74 Å². The van der Waals surface area contributed by atoms with Crippen molar-refractivity contribution in [2.24, 2.45) is 5.16 Å². The van der Waals surface area contributed by atoms with E-state index in [9.17, 15) is 10.3 Å². The molecule has 2 aromatic rings. The van der Waals surface area contributed by atoms with E-state index in [1.807, 2.05) is 30.3 Å². The highest BCUT2D eigenvalue weighted by Crippen LogP contribution is 2.26. The smallest absolute Gasteiger partial charge is 0.128 e. The van der Waals surface area contributed by atoms with E-state index in [2.05, 4.69) is 12.1 Å². The van der Waals surface area contributed by atoms with Crippen LogP contribution < -0.4 is 4.74 Å². The van der Waals surface area contributed by atoms with E-state index in [0.717, 1.165) is 18.4 Å². The van der Waals surface area contributed by atoms with Gasteiger partial charge in [-0.05, 0) is 18.6 Å². The first-order valence-electron chi connectivity index (χ1n) is 7.00. The summed E-state index contributed by atoms with van der Waals surface area (Å²) in [5, 5.41) is 22.7. The molecule has 0 heterocycles. The maximum atomic E-state index is 10.1. The lowest BCUT2D eigenvalue weighted by atomic mass is 10.0. The summed E-state index contributed by atoms with van der Waals surface area (Å²) in [5.74, 6) is 0.635. The second-order valence-corrected chi connectivity index (χ2v) is 4.70. The molecule has 2 N–H and O–H groups in total. The van der Waals surface area contributed by atoms with Gasteiger partial charge in [-0.1, -0.05) is 48.8 Å². The molecule has 110 valence electrons. The van der Waals surface area contributed by atoms with Crippen LogP contribution in [0.3, 0.4) is 0 Å². The minimum absolute atomic E-state index is 0.0284. The van der Waals surface area contributed by atoms with Gasteiger partial charge in [0, 0.05) is 17.2 Å². The topological polar surface area (TPSA) is 62.0 Å². The Bertz CT molecular complexity index is 609. The molecule has 4 nitrogen and oxygen atoms in total. The molecule has 0 atom stereocenters. The number of aromatic hydroxyl groups is 1. The van der Waals surface area contributed by atoms with Crippen molar-refractivity contribution in [1.82, 2.24) is 0 Å². The van der Waals surface area contributed by atoms with Gasteiger partial charge < -0.3 is 15.1 Å². The molecule has 0 aliphatic rings. The second kappa shape index (κ2) is 7.33. The fraction of sp³-hybridized carbons (Fsp3) is 0.235. The third kappa shape index (κ3) is 3.75. The van der Waals surface area contributed by atoms with Gasteiger partial charge in [-0.25, -0.2) is 0 Å². The third-order valence-corrected chi connectivity index (χ3v) is 3.14. The summed E-state index contributed by atoms with van der Waals surface area (Å²) < 4.78 is 5.54. The van der Waals surface area contributed by atoms with E-state index < -0.39 is 0 Å². The van der Waals surface area contributed by atoms with Gasteiger partial charge in [-0.15, -0.1) is 0 Å². The number of hydrogen-bond acceptors (Lipinski definition) is 4. The van der Waals surface area contributed by atoms with Gasteiger partial charge in [-0.3, -0.25) is 0 Å². The SMILES string of the molecule is CCCCOc1ccc(/C(=N/O)c2ccccc2)c(O)c1. The van der Waals surface area contributed by atoms with Crippen LogP contribution in [0, 0.1) is 0 Å². The molecule has 0 aromatic heterocycles. The first kappa shape index (κ1) is 14.9. The van der Waals surface area contributed by atoms with Crippen molar-refractivity contribution in [3.63, 3.8) is 0 Å². The quantitative estimate of drug-likeness (QED) is 0.367. The van der Waals surface area contributed by atoms with Gasteiger partial charge in [-0.2, -0.15) is 0 Å². The maximum absolute atomic E-state index is 10.1. The highest BCUT2D eigenvalue weighted by Gasteiger charge is 2.13. The zero-order valence-corrected chi connectivity index (χ0v) is 12.0. The Morgan fingerprint density at radius 2 is 1.90 bits per heavy atom. The number of unbranched alkanes of at least 4 members (excludes halogenated alkanes) is 1. The number of oxime groups is 1. The fourth-order valence-electron chi connectivity index (χ4n) is 2.00. The number of ether oxygens (including phenoxy) is 1. The summed E-state index contributed by atoms with van der Waals surface area (Å²) in [5.41, 5.74) is 1.52. The van der Waals surface area contributed by atoms with E-state index >= 15 is 0 Å². The van der Waals surface area contributed by atoms with Gasteiger partial charge in [0.2, 0.25) is 0 Å². The predicted molar refractivity (Wildman–Crippen MR) is 82.4 cm³/mol. The van der Waals surface area contributed by atoms with Crippen LogP contribution in [-0.4, -0.2) is 22.6 Å². The van der Waals surface area contributed by atoms with Crippen LogP contribution in [0.4, 0.5) is 0 Å². The van der Waals surface area contributed by atoms with Crippen LogP contribution in [0.2, 0.25) is 0 Å². The van der Waals surface area contributed by atoms with Crippen LogP contribution in [0.1, 0.15) is 30.9 Å². The van der Waals surface area contributed by atoms with E-state index in [1.54, 1.807) is 18.2 Å². The van der Waals surface area contributed by atoms with Crippen molar-refractivity contribution in [2.75, 3.05) is 6.61 Å². The largest absolute Gasteiger partial charge is 0.507 e. The minimum Gasteiger partial charge on any atom is -0.507 e. The fourth-order valence-corrected chi connectivity index (χ4v) is 2.00. The minimum atomic E-state index is 0.0284. The third-order valence-electron chi connectivity index (χ3n) is 3.14. The Morgan fingerprint density at radius 1 is 1.14 bits per heavy atom. The molecule has 4 heteroatoms. The second-order valence-electron chi connectivity index (χ2n) is 4.70. The molecule has 0 saturated heterocycles. The Balaban J connectivity index is 2.24. The van der Waals surface area contributed by atoms with Gasteiger partial charge in [0.25, 0.3) is 0 Å². The summed E-state index contributed by atoms with van der Waals surface area (Å²) in [7, 11) is 0. The number of hydrogen-bond donors (Lipinski definition) is 2. The number of phenols is 1. The Labute approximate surface area is 124 Å². The highest BCUT2D eigenvalue weighted by atomic mass is 16.5. The van der Waals surface area contributed by atoms with E-state index in [1.165, 1.54) is 0 Å². The van der Waals surface area contributed by atoms with Crippen molar-refractivity contribution in [1.29, 1.82) is 0 Å². The molecule has 0 amide bonds. The Hall–Kier alpha value is -2.49. The number of benzene rings is 2. The predicted octanol–water partition coefficient (Wildman–Crippen LogP) is 3.80. The summed E-state index contributed by atoms with van der Waals surface area (Å²) in [6.45, 7) is 2.71. The molecule has 0 bridgehead atoms. The molecule has 0 aliphatic carbocycles. The number of phenolic OH excluding ortho intramolecular Hbond substituents is 1. The normalized spacial score (nSPS) is 11.4. The molecular formula is C17H19NO3. The van der Waals surface area contributed by atoms with E-state index in [0.29, 0.717) is 23.6 Å². The lowest BCUT2D eigenvalue weighted by molar-refractivity contribution is 0.307. The van der Waals surface area contributed by atoms with Crippen LogP contribution in [0.15, 0.2) is 53.7 Å². The lowest BCUT2D eigenvalue weighted by Crippen LogP contribution is -2.04. The molecular weight excluding hydrogens is 266 g/mol. The van der Waals surface area contributed by atoms with Gasteiger partial charge in [0.1, 0.15) is 17.2 Å². The molecule has 0 saturated carbocycles. The summed E-state index contributed by atoms with van der Waals surface area (Å²) >= 11 is 0. The van der Waals surface area contributed by atoms with Crippen LogP contribution in [0.5, 0.6) is 11.5 Å². The maximum Gasteiger partial charge on any atom is 0.128 e. The molecule has 0 unspecified atom stereocenters. The first-order chi connectivity index (χ1) is 10.3. The molecule has 21 heavy (non-hydrogen) atoms. The Kier molecular flexibility index (Phi) is 5.21. The lowest BCUT2D eigenvalue weighted by Gasteiger charge is -2.10. The van der Waals surface area contributed by atoms with Crippen LogP contribution in [0.25, 0.3) is 0 Å². The van der Waals surface area contributed by atoms with Crippen LogP contribution >= 0.6 is 0 Å². The van der Waals surface area contributed by atoms with Crippen LogP contribution in [-0.2, 0) is 0 Å². The molecule has 0 aliphatic heterocycles. The molecule has 0 spiro atoms. The van der Waals surface area contributed by atoms with Gasteiger partial charge in [0.15, 0.2) is 0 Å². The van der Waals surface area contributed by atoms with E-state index in [-0.39, 0.29) is 5.75 Å². The molecule has 0 radical (unpaired) electrons. The Morgan fingerprint density at radius 3 is 2.52 bits per heavy atom. The van der Waals surface area contributed by atoms with Crippen molar-refractivity contribution < 1.29 is 15.1 Å². The summed E-state index contributed by atoms with van der Waals surface area (Å²) in [6, 6.07) is 14.2. The zero-order chi connectivity index (χ0) is 15.1. The average Bonchev–Trinajstić information content (AvgIpc) is 2.51. The standard InChI is InChI=1S/C17H19NO3/c1-2-3-11-21-14-9-10-15(16(19)12-14)17(18-20)13-7-5-4-6-8-13/h4-10,12,19-20H,2-3,11H2,1H3/b18-17+. The van der Waals surface area contributed by atoms with Crippen molar-refractivity contribution in [3.8, 4) is 11.5 Å². The van der Waals surface area contributed by atoms with Crippen molar-refractivity contribution >= 4 is 5.71 Å². The molecule has 0 fully saturated rings. The summed E-state index contributed by atoms with van der Waals surface area (Å²) in [6.07, 6.45) is 2.02. The first-order valence-corrected chi connectivity index (χ1v) is 7.00. The monoisotopic (exact) mass is 285 g/mol. The molecule has 2 rings (SSSR count). The van der Waals surface area contributed by atoms with Crippen molar-refractivity contribution in [3.05, 3.63) is 59.7 Å².